The number of fused-ring (bicyclic) bond motifs is 1. The third-order valence-corrected chi connectivity index (χ3v) is 6.57. The molecule has 1 amide bonds. The summed E-state index contributed by atoms with van der Waals surface area (Å²) < 4.78 is 16.8. The fourth-order valence-corrected chi connectivity index (χ4v) is 4.53. The number of aromatic nitrogens is 3. The molecule has 200 valence electrons. The molecule has 9 nitrogen and oxygen atoms in total. The molecule has 2 aromatic carbocycles. The van der Waals surface area contributed by atoms with Gasteiger partial charge in [-0.1, -0.05) is 24.3 Å². The molecular formula is C30H31N5O4. The zero-order chi connectivity index (χ0) is 27.0. The number of nitrogens with zero attached hydrogens (tertiary/aromatic N) is 3. The summed E-state index contributed by atoms with van der Waals surface area (Å²) in [6.07, 6.45) is 7.69. The van der Waals surface area contributed by atoms with E-state index < -0.39 is 0 Å². The number of ether oxygens (including phenoxy) is 2. The number of carbonyl (C=O) groups is 1. The predicted octanol–water partition coefficient (Wildman–Crippen LogP) is 4.74. The molecule has 3 aromatic heterocycles. The minimum atomic E-state index is -0.298. The number of aromatic amines is 1. The number of rotatable bonds is 12. The Labute approximate surface area is 226 Å². The highest BCUT2D eigenvalue weighted by molar-refractivity contribution is 5.91. The number of hydrogen-bond acceptors (Lipinski definition) is 7. The van der Waals surface area contributed by atoms with E-state index in [0.717, 1.165) is 41.1 Å². The number of nitrogens with one attached hydrogen (secondary N) is 2. The van der Waals surface area contributed by atoms with Gasteiger partial charge in [0, 0.05) is 54.7 Å². The Morgan fingerprint density at radius 1 is 1.05 bits per heavy atom. The SMILES string of the molecule is COc1ccc(OC)c(CN(CCc2c[nH]c3ccccc23)Cc2nc(C(=O)NCc3cccnc3)co2)c1. The zero-order valence-electron chi connectivity index (χ0n) is 22.0. The van der Waals surface area contributed by atoms with Crippen LogP contribution in [-0.4, -0.2) is 46.5 Å². The van der Waals surface area contributed by atoms with Crippen molar-refractivity contribution in [2.75, 3.05) is 20.8 Å². The molecule has 0 atom stereocenters. The number of benzene rings is 2. The van der Waals surface area contributed by atoms with Crippen molar-refractivity contribution in [3.63, 3.8) is 0 Å². The third kappa shape index (κ3) is 6.45. The highest BCUT2D eigenvalue weighted by Gasteiger charge is 2.18. The normalized spacial score (nSPS) is 11.2. The summed E-state index contributed by atoms with van der Waals surface area (Å²) in [7, 11) is 3.31. The lowest BCUT2D eigenvalue weighted by molar-refractivity contribution is 0.0945. The van der Waals surface area contributed by atoms with Crippen molar-refractivity contribution in [2.24, 2.45) is 0 Å². The maximum atomic E-state index is 12.7. The summed E-state index contributed by atoms with van der Waals surface area (Å²) in [6, 6.07) is 17.8. The van der Waals surface area contributed by atoms with Gasteiger partial charge in [-0.2, -0.15) is 0 Å². The van der Waals surface area contributed by atoms with Gasteiger partial charge >= 0.3 is 0 Å². The van der Waals surface area contributed by atoms with Crippen LogP contribution in [0.1, 0.15) is 33.1 Å². The molecule has 0 aliphatic rings. The standard InChI is InChI=1S/C30H31N5O4/c1-37-24-9-10-28(38-2)23(14-24)18-35(13-11-22-17-32-26-8-4-3-7-25(22)26)19-29-34-27(20-39-29)30(36)33-16-21-6-5-12-31-15-21/h3-10,12,14-15,17,20,32H,11,13,16,18-19H2,1-2H3,(H,33,36). The minimum absolute atomic E-state index is 0.240. The Morgan fingerprint density at radius 3 is 2.77 bits per heavy atom. The molecule has 0 spiro atoms. The zero-order valence-corrected chi connectivity index (χ0v) is 22.0. The van der Waals surface area contributed by atoms with Crippen LogP contribution in [0.25, 0.3) is 10.9 Å². The number of methoxy groups -OCH3 is 2. The molecule has 0 unspecified atom stereocenters. The first-order valence-corrected chi connectivity index (χ1v) is 12.7. The van der Waals surface area contributed by atoms with Gasteiger partial charge in [0.2, 0.25) is 5.89 Å². The highest BCUT2D eigenvalue weighted by atomic mass is 16.5. The molecule has 0 saturated heterocycles. The van der Waals surface area contributed by atoms with Crippen molar-refractivity contribution < 1.29 is 18.7 Å². The van der Waals surface area contributed by atoms with E-state index in [1.54, 1.807) is 26.6 Å². The summed E-state index contributed by atoms with van der Waals surface area (Å²) >= 11 is 0. The number of hydrogen-bond donors (Lipinski definition) is 2. The number of para-hydroxylation sites is 1. The Kier molecular flexibility index (Phi) is 8.18. The van der Waals surface area contributed by atoms with E-state index in [0.29, 0.717) is 25.5 Å². The van der Waals surface area contributed by atoms with E-state index in [1.807, 2.05) is 42.5 Å². The van der Waals surface area contributed by atoms with Crippen LogP contribution in [0.4, 0.5) is 0 Å². The maximum Gasteiger partial charge on any atom is 0.273 e. The maximum absolute atomic E-state index is 12.7. The number of pyridine rings is 1. The third-order valence-electron chi connectivity index (χ3n) is 6.57. The van der Waals surface area contributed by atoms with E-state index >= 15 is 0 Å². The van der Waals surface area contributed by atoms with Gasteiger partial charge in [-0.15, -0.1) is 0 Å². The van der Waals surface area contributed by atoms with E-state index in [9.17, 15) is 4.79 Å². The van der Waals surface area contributed by atoms with Crippen molar-refractivity contribution in [3.05, 3.63) is 108 Å². The second kappa shape index (κ2) is 12.3. The second-order valence-electron chi connectivity index (χ2n) is 9.17. The summed E-state index contributed by atoms with van der Waals surface area (Å²) in [5, 5.41) is 4.07. The first kappa shape index (κ1) is 26.0. The first-order chi connectivity index (χ1) is 19.1. The van der Waals surface area contributed by atoms with Crippen molar-refractivity contribution in [1.82, 2.24) is 25.2 Å². The minimum Gasteiger partial charge on any atom is -0.497 e. The topological polar surface area (TPSA) is 106 Å². The number of amides is 1. The van der Waals surface area contributed by atoms with Crippen LogP contribution >= 0.6 is 0 Å². The van der Waals surface area contributed by atoms with E-state index in [1.165, 1.54) is 17.2 Å². The smallest absolute Gasteiger partial charge is 0.273 e. The molecule has 5 aromatic rings. The lowest BCUT2D eigenvalue weighted by Gasteiger charge is -2.22. The molecular weight excluding hydrogens is 494 g/mol. The van der Waals surface area contributed by atoms with Crippen LogP contribution < -0.4 is 14.8 Å². The largest absolute Gasteiger partial charge is 0.497 e. The number of H-pyrrole nitrogens is 1. The van der Waals surface area contributed by atoms with Gasteiger partial charge in [0.15, 0.2) is 5.69 Å². The van der Waals surface area contributed by atoms with Gasteiger partial charge in [0.25, 0.3) is 5.91 Å². The van der Waals surface area contributed by atoms with Crippen LogP contribution in [0.3, 0.4) is 0 Å². The predicted molar refractivity (Wildman–Crippen MR) is 148 cm³/mol. The van der Waals surface area contributed by atoms with Gasteiger partial charge in [-0.25, -0.2) is 4.98 Å². The second-order valence-corrected chi connectivity index (χ2v) is 9.17. The highest BCUT2D eigenvalue weighted by Crippen LogP contribution is 2.26. The Balaban J connectivity index is 1.32. The monoisotopic (exact) mass is 525 g/mol. The Hall–Kier alpha value is -4.63. The number of oxazole rings is 1. The lowest BCUT2D eigenvalue weighted by Crippen LogP contribution is -2.26. The fraction of sp³-hybridized carbons (Fsp3) is 0.233. The van der Waals surface area contributed by atoms with E-state index in [-0.39, 0.29) is 11.6 Å². The van der Waals surface area contributed by atoms with Crippen molar-refractivity contribution in [3.8, 4) is 11.5 Å². The summed E-state index contributed by atoms with van der Waals surface area (Å²) in [5.74, 6) is 1.69. The molecule has 2 N–H and O–H groups in total. The van der Waals surface area contributed by atoms with E-state index in [2.05, 4.69) is 43.5 Å². The fourth-order valence-electron chi connectivity index (χ4n) is 4.53. The van der Waals surface area contributed by atoms with Gasteiger partial charge in [-0.3, -0.25) is 14.7 Å². The molecule has 5 rings (SSSR count). The average Bonchev–Trinajstić information content (AvgIpc) is 3.62. The molecule has 0 bridgehead atoms. The quantitative estimate of drug-likeness (QED) is 0.242. The van der Waals surface area contributed by atoms with Crippen LogP contribution in [0, 0.1) is 0 Å². The molecule has 3 heterocycles. The molecule has 0 saturated carbocycles. The molecule has 0 fully saturated rings. The molecule has 0 aliphatic heterocycles. The average molecular weight is 526 g/mol. The van der Waals surface area contributed by atoms with Gasteiger partial charge in [0.05, 0.1) is 20.8 Å². The summed E-state index contributed by atoms with van der Waals surface area (Å²) in [6.45, 7) is 2.08. The summed E-state index contributed by atoms with van der Waals surface area (Å²) in [4.78, 5) is 26.8. The molecule has 39 heavy (non-hydrogen) atoms. The molecule has 9 heteroatoms. The van der Waals surface area contributed by atoms with Crippen molar-refractivity contribution in [2.45, 2.75) is 26.1 Å². The van der Waals surface area contributed by atoms with Crippen molar-refractivity contribution >= 4 is 16.8 Å². The van der Waals surface area contributed by atoms with Crippen LogP contribution in [0.2, 0.25) is 0 Å². The van der Waals surface area contributed by atoms with Crippen LogP contribution in [0.15, 0.2) is 83.9 Å². The van der Waals surface area contributed by atoms with Gasteiger partial charge < -0.3 is 24.2 Å². The molecule has 0 aliphatic carbocycles. The van der Waals surface area contributed by atoms with Crippen LogP contribution in [0.5, 0.6) is 11.5 Å². The van der Waals surface area contributed by atoms with Gasteiger partial charge in [0.1, 0.15) is 17.8 Å². The van der Waals surface area contributed by atoms with Crippen molar-refractivity contribution in [1.29, 1.82) is 0 Å². The number of carbonyl (C=O) groups excluding carboxylic acids is 1. The Morgan fingerprint density at radius 2 is 1.95 bits per heavy atom. The van der Waals surface area contributed by atoms with Gasteiger partial charge in [-0.05, 0) is 47.9 Å². The summed E-state index contributed by atoms with van der Waals surface area (Å²) in [5.41, 5.74) is 4.48. The molecule has 0 radical (unpaired) electrons. The van der Waals surface area contributed by atoms with E-state index in [4.69, 9.17) is 13.9 Å². The first-order valence-electron chi connectivity index (χ1n) is 12.7. The lowest BCUT2D eigenvalue weighted by atomic mass is 10.1. The Bertz CT molecular complexity index is 1530. The van der Waals surface area contributed by atoms with Crippen LogP contribution in [-0.2, 0) is 26.1 Å².